The second-order valence-electron chi connectivity index (χ2n) is 17.1. The molecule has 0 unspecified atom stereocenters. The summed E-state index contributed by atoms with van der Waals surface area (Å²) in [6.45, 7) is 0. The average molecular weight is 837 g/mol. The molecule has 0 amide bonds. The largest absolute Gasteiger partial charge is 0.0622 e. The second-order valence-corrected chi connectivity index (χ2v) is 17.1. The van der Waals surface area contributed by atoms with Gasteiger partial charge in [-0.25, -0.2) is 0 Å². The van der Waals surface area contributed by atoms with Crippen LogP contribution >= 0.6 is 0 Å². The molecule has 0 spiro atoms. The van der Waals surface area contributed by atoms with E-state index >= 15 is 0 Å². The molecule has 0 aliphatic carbocycles. The predicted molar refractivity (Wildman–Crippen MR) is 282 cm³/mol. The van der Waals surface area contributed by atoms with E-state index in [-0.39, 0.29) is 0 Å². The molecular formula is C66H44. The third kappa shape index (κ3) is 6.97. The van der Waals surface area contributed by atoms with Crippen molar-refractivity contribution in [1.82, 2.24) is 0 Å². The lowest BCUT2D eigenvalue weighted by Crippen LogP contribution is -1.98. The van der Waals surface area contributed by atoms with Crippen LogP contribution in [0.15, 0.2) is 267 Å². The van der Waals surface area contributed by atoms with Gasteiger partial charge in [-0.2, -0.15) is 0 Å². The minimum Gasteiger partial charge on any atom is -0.0622 e. The monoisotopic (exact) mass is 836 g/mol. The first kappa shape index (κ1) is 39.0. The Morgan fingerprint density at radius 3 is 0.636 bits per heavy atom. The SMILES string of the molecule is c1ccc(-c2ccc(-c3c4ccc(-c5ccccc5)cc4c(-c4ccccc4)c4c(-c5ccc(-c6ccccc6)cc5)c5ccc(-c6ccccc6)cc5c(-c5ccccc5)c34)cc2)cc1. The fourth-order valence-electron chi connectivity index (χ4n) is 10.2. The predicted octanol–water partition coefficient (Wildman–Crippen LogP) is 18.5. The van der Waals surface area contributed by atoms with Crippen molar-refractivity contribution in [2.24, 2.45) is 0 Å². The maximum absolute atomic E-state index is 2.45. The molecule has 0 aromatic heterocycles. The molecule has 0 aliphatic rings. The first-order valence-electron chi connectivity index (χ1n) is 22.8. The Hall–Kier alpha value is -8.58. The Labute approximate surface area is 386 Å². The lowest BCUT2D eigenvalue weighted by molar-refractivity contribution is 1.59. The van der Waals surface area contributed by atoms with Gasteiger partial charge in [0.2, 0.25) is 0 Å². The lowest BCUT2D eigenvalue weighted by Gasteiger charge is -2.26. The van der Waals surface area contributed by atoms with Crippen molar-refractivity contribution in [2.75, 3.05) is 0 Å². The molecule has 0 bridgehead atoms. The van der Waals surface area contributed by atoms with Gasteiger partial charge in [0.05, 0.1) is 0 Å². The second kappa shape index (κ2) is 16.8. The summed E-state index contributed by atoms with van der Waals surface area (Å²) in [5, 5.41) is 7.36. The van der Waals surface area contributed by atoms with Gasteiger partial charge in [-0.05, 0) is 133 Å². The highest BCUT2D eigenvalue weighted by molar-refractivity contribution is 6.34. The lowest BCUT2D eigenvalue weighted by atomic mass is 9.76. The summed E-state index contributed by atoms with van der Waals surface area (Å²) < 4.78 is 0. The molecule has 12 aromatic rings. The van der Waals surface area contributed by atoms with Crippen LogP contribution in [0, 0.1) is 0 Å². The van der Waals surface area contributed by atoms with Crippen molar-refractivity contribution in [3.8, 4) is 89.0 Å². The zero-order valence-electron chi connectivity index (χ0n) is 36.4. The quantitative estimate of drug-likeness (QED) is 0.134. The van der Waals surface area contributed by atoms with Crippen LogP contribution < -0.4 is 0 Å². The molecule has 0 saturated heterocycles. The van der Waals surface area contributed by atoms with Crippen molar-refractivity contribution >= 4 is 32.3 Å². The first-order chi connectivity index (χ1) is 32.8. The van der Waals surface area contributed by atoms with Crippen LogP contribution in [0.4, 0.5) is 0 Å². The number of fused-ring (bicyclic) bond motifs is 3. The molecule has 12 rings (SSSR count). The number of rotatable bonds is 8. The van der Waals surface area contributed by atoms with Gasteiger partial charge < -0.3 is 0 Å². The number of hydrogen-bond donors (Lipinski definition) is 0. The Balaban J connectivity index is 1.31. The van der Waals surface area contributed by atoms with Gasteiger partial charge >= 0.3 is 0 Å². The summed E-state index contributed by atoms with van der Waals surface area (Å²) in [6, 6.07) is 98.1. The molecule has 0 heteroatoms. The molecule has 0 saturated carbocycles. The molecular weight excluding hydrogens is 793 g/mol. The highest BCUT2D eigenvalue weighted by atomic mass is 14.3. The van der Waals surface area contributed by atoms with Crippen LogP contribution in [0.3, 0.4) is 0 Å². The van der Waals surface area contributed by atoms with Crippen molar-refractivity contribution in [3.05, 3.63) is 267 Å². The van der Waals surface area contributed by atoms with Crippen molar-refractivity contribution in [1.29, 1.82) is 0 Å². The Morgan fingerprint density at radius 2 is 0.333 bits per heavy atom. The summed E-state index contributed by atoms with van der Waals surface area (Å²) >= 11 is 0. The van der Waals surface area contributed by atoms with Gasteiger partial charge in [0.15, 0.2) is 0 Å². The molecule has 0 atom stereocenters. The molecule has 66 heavy (non-hydrogen) atoms. The van der Waals surface area contributed by atoms with Crippen LogP contribution in [0.1, 0.15) is 0 Å². The molecule has 0 nitrogen and oxygen atoms in total. The van der Waals surface area contributed by atoms with E-state index in [0.29, 0.717) is 0 Å². The van der Waals surface area contributed by atoms with Crippen LogP contribution in [-0.4, -0.2) is 0 Å². The Bertz CT molecular complexity index is 3410. The van der Waals surface area contributed by atoms with Gasteiger partial charge in [0.1, 0.15) is 0 Å². The van der Waals surface area contributed by atoms with E-state index in [9.17, 15) is 0 Å². The Morgan fingerprint density at radius 1 is 0.136 bits per heavy atom. The Kier molecular flexibility index (Phi) is 9.97. The molecule has 0 fully saturated rings. The minimum atomic E-state index is 1.18. The zero-order chi connectivity index (χ0) is 43.8. The van der Waals surface area contributed by atoms with E-state index in [1.165, 1.54) is 121 Å². The van der Waals surface area contributed by atoms with E-state index in [4.69, 9.17) is 0 Å². The van der Waals surface area contributed by atoms with Crippen molar-refractivity contribution in [2.45, 2.75) is 0 Å². The van der Waals surface area contributed by atoms with Gasteiger partial charge in [-0.15, -0.1) is 0 Å². The summed E-state index contributed by atoms with van der Waals surface area (Å²) in [7, 11) is 0. The maximum Gasteiger partial charge on any atom is -0.000139 e. The highest BCUT2D eigenvalue weighted by Gasteiger charge is 2.27. The fourth-order valence-corrected chi connectivity index (χ4v) is 10.2. The van der Waals surface area contributed by atoms with Crippen molar-refractivity contribution < 1.29 is 0 Å². The van der Waals surface area contributed by atoms with Crippen LogP contribution in [-0.2, 0) is 0 Å². The molecule has 12 aromatic carbocycles. The summed E-state index contributed by atoms with van der Waals surface area (Å²) in [5.41, 5.74) is 19.2. The smallest absolute Gasteiger partial charge is 0.000139 e. The van der Waals surface area contributed by atoms with Crippen LogP contribution in [0.2, 0.25) is 0 Å². The van der Waals surface area contributed by atoms with Crippen molar-refractivity contribution in [3.63, 3.8) is 0 Å². The summed E-state index contributed by atoms with van der Waals surface area (Å²) in [4.78, 5) is 0. The standard InChI is InChI=1S/C66H44/c1-7-19-45(20-8-1)49-31-35-53(36-32-49)61-57-41-39-55(47-23-11-3-12-24-47)43-59(57)64(52-29-17-6-18-30-52)66-62(54-37-33-50(34-38-54)46-21-9-2-10-22-46)58-42-40-56(48-25-13-4-14-26-48)44-60(58)63(65(61)66)51-27-15-5-16-28-51/h1-44H. The highest BCUT2D eigenvalue weighted by Crippen LogP contribution is 2.54. The number of benzene rings is 12. The van der Waals surface area contributed by atoms with Gasteiger partial charge in [0.25, 0.3) is 0 Å². The summed E-state index contributed by atoms with van der Waals surface area (Å²) in [6.07, 6.45) is 0. The van der Waals surface area contributed by atoms with E-state index in [2.05, 4.69) is 267 Å². The van der Waals surface area contributed by atoms with E-state index in [1.54, 1.807) is 0 Å². The average Bonchev–Trinajstić information content (AvgIpc) is 3.41. The topological polar surface area (TPSA) is 0 Å². The summed E-state index contributed by atoms with van der Waals surface area (Å²) in [5.74, 6) is 0. The molecule has 0 aliphatic heterocycles. The molecule has 308 valence electrons. The normalized spacial score (nSPS) is 11.3. The zero-order valence-corrected chi connectivity index (χ0v) is 36.4. The van der Waals surface area contributed by atoms with E-state index < -0.39 is 0 Å². The van der Waals surface area contributed by atoms with E-state index in [0.717, 1.165) is 0 Å². The molecule has 0 radical (unpaired) electrons. The van der Waals surface area contributed by atoms with Gasteiger partial charge in [-0.1, -0.05) is 255 Å². The third-order valence-electron chi connectivity index (χ3n) is 13.3. The van der Waals surface area contributed by atoms with E-state index in [1.807, 2.05) is 0 Å². The fraction of sp³-hybridized carbons (Fsp3) is 0. The maximum atomic E-state index is 2.45. The van der Waals surface area contributed by atoms with Crippen LogP contribution in [0.5, 0.6) is 0 Å². The third-order valence-corrected chi connectivity index (χ3v) is 13.3. The number of hydrogen-bond acceptors (Lipinski definition) is 0. The minimum absolute atomic E-state index is 1.18. The molecule has 0 N–H and O–H groups in total. The van der Waals surface area contributed by atoms with Crippen LogP contribution in [0.25, 0.3) is 121 Å². The van der Waals surface area contributed by atoms with Gasteiger partial charge in [0, 0.05) is 0 Å². The molecule has 0 heterocycles. The van der Waals surface area contributed by atoms with Gasteiger partial charge in [-0.3, -0.25) is 0 Å². The first-order valence-corrected chi connectivity index (χ1v) is 22.8.